The molecule has 0 radical (unpaired) electrons. The third kappa shape index (κ3) is 8.46. The molecule has 1 heterocycles. The minimum absolute atomic E-state index is 0. The Morgan fingerprint density at radius 3 is 2.39 bits per heavy atom. The average molecular weight is 652 g/mol. The first-order valence-corrected chi connectivity index (χ1v) is 16.3. The molecule has 4 aromatic rings. The molecule has 248 valence electrons. The van der Waals surface area contributed by atoms with Crippen LogP contribution in [-0.4, -0.2) is 58.0 Å². The highest BCUT2D eigenvalue weighted by Crippen LogP contribution is 2.41. The number of unbranched alkanes of at least 4 members (excludes halogenated alkanes) is 1. The third-order valence-corrected chi connectivity index (χ3v) is 9.31. The molecule has 0 amide bonds. The number of carboxylic acids is 1. The minimum atomic E-state index is -0.936. The SMILES string of the molecule is CC(C)[C@@H]1c2ccc(F)cc2CCC1CO[C@@H](CCN(C)CCCCn1c(=O)n(Cc2ccccc2)c2ccccc21)C(=O)O.Cl. The summed E-state index contributed by atoms with van der Waals surface area (Å²) < 4.78 is 23.6. The van der Waals surface area contributed by atoms with Gasteiger partial charge in [0, 0.05) is 13.1 Å². The molecule has 1 aliphatic rings. The molecule has 3 atom stereocenters. The number of nitrogens with zero attached hydrogens (tertiary/aromatic N) is 3. The maximum absolute atomic E-state index is 13.8. The molecule has 0 saturated heterocycles. The number of rotatable bonds is 15. The zero-order chi connectivity index (χ0) is 31.9. The highest BCUT2D eigenvalue weighted by atomic mass is 35.5. The molecular weight excluding hydrogens is 605 g/mol. The number of halogens is 2. The molecule has 1 aliphatic carbocycles. The van der Waals surface area contributed by atoms with Gasteiger partial charge >= 0.3 is 11.7 Å². The maximum Gasteiger partial charge on any atom is 0.332 e. The molecule has 5 rings (SSSR count). The van der Waals surface area contributed by atoms with Crippen molar-refractivity contribution in [3.8, 4) is 0 Å². The monoisotopic (exact) mass is 651 g/mol. The highest BCUT2D eigenvalue weighted by Gasteiger charge is 2.33. The van der Waals surface area contributed by atoms with Crippen LogP contribution in [0.5, 0.6) is 0 Å². The van der Waals surface area contributed by atoms with Gasteiger partial charge in [-0.2, -0.15) is 0 Å². The molecule has 0 fully saturated rings. The largest absolute Gasteiger partial charge is 0.479 e. The number of ether oxygens (including phenoxy) is 1. The number of hydrogen-bond donors (Lipinski definition) is 1. The fraction of sp³-hybridized carbons (Fsp3) is 0.459. The Labute approximate surface area is 277 Å². The molecule has 1 aromatic heterocycles. The number of carboxylic acid groups (broad SMARTS) is 1. The summed E-state index contributed by atoms with van der Waals surface area (Å²) in [7, 11) is 2.00. The molecule has 0 aliphatic heterocycles. The minimum Gasteiger partial charge on any atom is -0.479 e. The van der Waals surface area contributed by atoms with Crippen molar-refractivity contribution in [1.29, 1.82) is 0 Å². The summed E-state index contributed by atoms with van der Waals surface area (Å²) in [6.45, 7) is 7.28. The Morgan fingerprint density at radius 2 is 1.70 bits per heavy atom. The van der Waals surface area contributed by atoms with E-state index < -0.39 is 12.1 Å². The Balaban J connectivity index is 0.00000480. The number of aromatic nitrogens is 2. The van der Waals surface area contributed by atoms with E-state index in [9.17, 15) is 19.1 Å². The predicted octanol–water partition coefficient (Wildman–Crippen LogP) is 6.99. The lowest BCUT2D eigenvalue weighted by atomic mass is 9.70. The summed E-state index contributed by atoms with van der Waals surface area (Å²) in [6, 6.07) is 23.0. The van der Waals surface area contributed by atoms with Crippen LogP contribution in [0.25, 0.3) is 11.0 Å². The van der Waals surface area contributed by atoms with Gasteiger partial charge in [-0.15, -0.1) is 12.4 Å². The Bertz CT molecular complexity index is 1640. The molecule has 3 aromatic carbocycles. The van der Waals surface area contributed by atoms with E-state index >= 15 is 0 Å². The summed E-state index contributed by atoms with van der Waals surface area (Å²) in [4.78, 5) is 27.6. The highest BCUT2D eigenvalue weighted by molar-refractivity contribution is 5.85. The van der Waals surface area contributed by atoms with E-state index in [2.05, 4.69) is 18.7 Å². The molecule has 46 heavy (non-hydrogen) atoms. The van der Waals surface area contributed by atoms with Crippen LogP contribution in [0.2, 0.25) is 0 Å². The molecule has 7 nitrogen and oxygen atoms in total. The Kier molecular flexibility index (Phi) is 12.6. The molecule has 1 N–H and O–H groups in total. The smallest absolute Gasteiger partial charge is 0.332 e. The molecule has 0 spiro atoms. The van der Waals surface area contributed by atoms with Crippen LogP contribution >= 0.6 is 12.4 Å². The lowest BCUT2D eigenvalue weighted by Crippen LogP contribution is -2.34. The standard InChI is InChI=1S/C37H46FN3O4.ClH/c1-26(2)35-29(16-15-28-23-30(38)17-18-31(28)35)25-45-34(36(42)43)19-22-39(3)20-9-10-21-40-32-13-7-8-14-33(32)41(37(40)44)24-27-11-5-4-6-12-27;/h4-8,11-14,17-18,23,26,29,34-35H,9-10,15-16,19-22,24-25H2,1-3H3,(H,42,43);1H/t29?,34-,35-;/m0./s1. The van der Waals surface area contributed by atoms with Crippen LogP contribution in [0, 0.1) is 17.7 Å². The lowest BCUT2D eigenvalue weighted by Gasteiger charge is -2.36. The summed E-state index contributed by atoms with van der Waals surface area (Å²) in [6.07, 6.45) is 2.90. The number of imidazole rings is 1. The number of carbonyl (C=O) groups is 1. The van der Waals surface area contributed by atoms with Gasteiger partial charge in [-0.25, -0.2) is 14.0 Å². The summed E-state index contributed by atoms with van der Waals surface area (Å²) in [5.41, 5.74) is 5.21. The molecule has 9 heteroatoms. The quantitative estimate of drug-likeness (QED) is 0.140. The van der Waals surface area contributed by atoms with Crippen molar-refractivity contribution in [3.05, 3.63) is 106 Å². The van der Waals surface area contributed by atoms with E-state index in [0.29, 0.717) is 38.6 Å². The van der Waals surface area contributed by atoms with E-state index in [1.165, 1.54) is 11.6 Å². The number of aryl methyl sites for hydroxylation is 2. The maximum atomic E-state index is 13.8. The molecule has 0 bridgehead atoms. The van der Waals surface area contributed by atoms with Crippen LogP contribution in [0.1, 0.15) is 62.1 Å². The second-order valence-corrected chi connectivity index (χ2v) is 12.9. The van der Waals surface area contributed by atoms with Crippen molar-refractivity contribution in [2.75, 3.05) is 26.7 Å². The summed E-state index contributed by atoms with van der Waals surface area (Å²) in [5.74, 6) is -0.389. The van der Waals surface area contributed by atoms with E-state index in [4.69, 9.17) is 4.74 Å². The summed E-state index contributed by atoms with van der Waals surface area (Å²) >= 11 is 0. The lowest BCUT2D eigenvalue weighted by molar-refractivity contribution is -0.152. The fourth-order valence-electron chi connectivity index (χ4n) is 7.01. The normalized spacial score (nSPS) is 16.8. The summed E-state index contributed by atoms with van der Waals surface area (Å²) in [5, 5.41) is 9.91. The first kappa shape index (κ1) is 35.4. The third-order valence-electron chi connectivity index (χ3n) is 9.31. The average Bonchev–Trinajstić information content (AvgIpc) is 3.29. The van der Waals surface area contributed by atoms with Gasteiger partial charge in [0.05, 0.1) is 24.2 Å². The van der Waals surface area contributed by atoms with Crippen LogP contribution in [0.15, 0.2) is 77.6 Å². The van der Waals surface area contributed by atoms with Crippen molar-refractivity contribution in [3.63, 3.8) is 0 Å². The van der Waals surface area contributed by atoms with Crippen molar-refractivity contribution in [1.82, 2.24) is 14.0 Å². The van der Waals surface area contributed by atoms with Gasteiger partial charge in [-0.05, 0) is 104 Å². The van der Waals surface area contributed by atoms with Crippen molar-refractivity contribution in [2.45, 2.75) is 71.1 Å². The van der Waals surface area contributed by atoms with E-state index in [-0.39, 0.29) is 35.7 Å². The second-order valence-electron chi connectivity index (χ2n) is 12.9. The van der Waals surface area contributed by atoms with Crippen LogP contribution in [0.4, 0.5) is 4.39 Å². The molecule has 0 saturated carbocycles. The van der Waals surface area contributed by atoms with Crippen LogP contribution < -0.4 is 5.69 Å². The first-order valence-electron chi connectivity index (χ1n) is 16.3. The molecular formula is C37H47ClFN3O4. The van der Waals surface area contributed by atoms with E-state index in [1.54, 1.807) is 6.07 Å². The van der Waals surface area contributed by atoms with E-state index in [0.717, 1.165) is 54.4 Å². The topological polar surface area (TPSA) is 76.7 Å². The van der Waals surface area contributed by atoms with Gasteiger partial charge in [0.2, 0.25) is 0 Å². The fourth-order valence-corrected chi connectivity index (χ4v) is 7.01. The van der Waals surface area contributed by atoms with E-state index in [1.807, 2.05) is 76.8 Å². The van der Waals surface area contributed by atoms with Gasteiger partial charge in [0.1, 0.15) is 5.82 Å². The number of hydrogen-bond acceptors (Lipinski definition) is 4. The number of benzene rings is 3. The Morgan fingerprint density at radius 1 is 1.00 bits per heavy atom. The van der Waals surface area contributed by atoms with Gasteiger partial charge in [-0.3, -0.25) is 9.13 Å². The number of aliphatic carboxylic acids is 1. The molecule has 1 unspecified atom stereocenters. The predicted molar refractivity (Wildman–Crippen MR) is 184 cm³/mol. The van der Waals surface area contributed by atoms with Crippen LogP contribution in [0.3, 0.4) is 0 Å². The Hall–Kier alpha value is -3.46. The van der Waals surface area contributed by atoms with Gasteiger partial charge in [0.15, 0.2) is 6.10 Å². The first-order chi connectivity index (χ1) is 21.7. The second kappa shape index (κ2) is 16.4. The van der Waals surface area contributed by atoms with Crippen LogP contribution in [-0.2, 0) is 29.0 Å². The van der Waals surface area contributed by atoms with Crippen molar-refractivity contribution in [2.24, 2.45) is 11.8 Å². The zero-order valence-electron chi connectivity index (χ0n) is 27.1. The number of para-hydroxylation sites is 2. The number of fused-ring (bicyclic) bond motifs is 2. The van der Waals surface area contributed by atoms with Gasteiger partial charge in [0.25, 0.3) is 0 Å². The zero-order valence-corrected chi connectivity index (χ0v) is 27.9. The van der Waals surface area contributed by atoms with Gasteiger partial charge < -0.3 is 14.7 Å². The van der Waals surface area contributed by atoms with Crippen molar-refractivity contribution >= 4 is 29.4 Å². The van der Waals surface area contributed by atoms with Crippen molar-refractivity contribution < 1.29 is 19.0 Å². The van der Waals surface area contributed by atoms with Gasteiger partial charge in [-0.1, -0.05) is 62.4 Å².